The molecule has 1 saturated heterocycles. The van der Waals surface area contributed by atoms with Crippen molar-refractivity contribution in [2.24, 2.45) is 0 Å². The van der Waals surface area contributed by atoms with Crippen LogP contribution in [-0.2, 0) is 0 Å². The van der Waals surface area contributed by atoms with E-state index in [-0.39, 0.29) is 5.66 Å². The first-order valence-electron chi connectivity index (χ1n) is 11.1. The number of benzene rings is 1. The number of nitrogens with one attached hydrogen (secondary N) is 4. The second-order valence-electron chi connectivity index (χ2n) is 8.12. The number of rotatable bonds is 6. The molecule has 4 heterocycles. The summed E-state index contributed by atoms with van der Waals surface area (Å²) in [5.41, 5.74) is 5.21. The van der Waals surface area contributed by atoms with Crippen molar-refractivity contribution in [3.63, 3.8) is 0 Å². The van der Waals surface area contributed by atoms with E-state index in [1.54, 1.807) is 0 Å². The lowest BCUT2D eigenvalue weighted by Crippen LogP contribution is -2.52. The second kappa shape index (κ2) is 8.43. The molecule has 0 spiro atoms. The first-order valence-corrected chi connectivity index (χ1v) is 11.1. The van der Waals surface area contributed by atoms with E-state index in [4.69, 9.17) is 4.98 Å². The molecule has 1 atom stereocenters. The van der Waals surface area contributed by atoms with Crippen LogP contribution in [0.4, 0.5) is 17.3 Å². The van der Waals surface area contributed by atoms with Gasteiger partial charge in [0.2, 0.25) is 5.95 Å². The molecule has 0 amide bonds. The topological polar surface area (TPSA) is 77.1 Å². The fourth-order valence-corrected chi connectivity index (χ4v) is 4.53. The molecule has 0 bridgehead atoms. The third-order valence-electron chi connectivity index (χ3n) is 6.04. The summed E-state index contributed by atoms with van der Waals surface area (Å²) in [4.78, 5) is 11.7. The zero-order chi connectivity index (χ0) is 21.1. The standard InChI is InChI=1S/C24H29N7/c1-2-9-24-21(7-4-10-27-24)20(17-28-24)22-8-11-26-23(30-22)29-18-5-3-6-19(16-18)31-14-12-25-13-15-31/h3-8,10-11,16-17,25,27-28H,2,9,12-15H2,1H3,(H,26,29,30). The summed E-state index contributed by atoms with van der Waals surface area (Å²) in [5, 5.41) is 13.9. The van der Waals surface area contributed by atoms with Gasteiger partial charge in [0.05, 0.1) is 5.69 Å². The van der Waals surface area contributed by atoms with Gasteiger partial charge in [-0.15, -0.1) is 0 Å². The second-order valence-corrected chi connectivity index (χ2v) is 8.12. The highest BCUT2D eigenvalue weighted by Gasteiger charge is 2.39. The van der Waals surface area contributed by atoms with Crippen LogP contribution in [0.2, 0.25) is 0 Å². The first-order chi connectivity index (χ1) is 15.3. The van der Waals surface area contributed by atoms with Crippen LogP contribution in [0.5, 0.6) is 0 Å². The van der Waals surface area contributed by atoms with E-state index in [2.05, 4.69) is 74.6 Å². The van der Waals surface area contributed by atoms with Crippen molar-refractivity contribution in [3.05, 3.63) is 72.3 Å². The van der Waals surface area contributed by atoms with Crippen LogP contribution in [0.1, 0.15) is 25.5 Å². The number of hydrogen-bond donors (Lipinski definition) is 4. The van der Waals surface area contributed by atoms with Crippen LogP contribution in [0.25, 0.3) is 5.57 Å². The summed E-state index contributed by atoms with van der Waals surface area (Å²) in [7, 11) is 0. The monoisotopic (exact) mass is 415 g/mol. The molecule has 1 fully saturated rings. The Labute approximate surface area is 183 Å². The van der Waals surface area contributed by atoms with Crippen molar-refractivity contribution in [2.45, 2.75) is 25.4 Å². The lowest BCUT2D eigenvalue weighted by atomic mass is 9.89. The molecular formula is C24H29N7. The first kappa shape index (κ1) is 19.6. The summed E-state index contributed by atoms with van der Waals surface area (Å²) in [6.45, 7) is 6.28. The van der Waals surface area contributed by atoms with E-state index in [9.17, 15) is 0 Å². The van der Waals surface area contributed by atoms with Crippen LogP contribution in [0.3, 0.4) is 0 Å². The van der Waals surface area contributed by atoms with E-state index < -0.39 is 0 Å². The molecule has 0 radical (unpaired) electrons. The van der Waals surface area contributed by atoms with Gasteiger partial charge in [-0.05, 0) is 43.0 Å². The number of anilines is 3. The Hall–Kier alpha value is -3.32. The zero-order valence-electron chi connectivity index (χ0n) is 17.9. The van der Waals surface area contributed by atoms with Crippen molar-refractivity contribution in [3.8, 4) is 0 Å². The number of aromatic nitrogens is 2. The predicted octanol–water partition coefficient (Wildman–Crippen LogP) is 3.11. The van der Waals surface area contributed by atoms with Gasteiger partial charge in [-0.25, -0.2) is 9.97 Å². The Bertz CT molecular complexity index is 1040. The maximum absolute atomic E-state index is 4.83. The largest absolute Gasteiger partial charge is 0.369 e. The molecule has 7 nitrogen and oxygen atoms in total. The summed E-state index contributed by atoms with van der Waals surface area (Å²) in [6, 6.07) is 10.4. The van der Waals surface area contributed by atoms with Gasteiger partial charge >= 0.3 is 0 Å². The van der Waals surface area contributed by atoms with Gasteiger partial charge in [0.15, 0.2) is 0 Å². The number of fused-ring (bicyclic) bond motifs is 1. The molecule has 1 aromatic heterocycles. The van der Waals surface area contributed by atoms with E-state index in [0.29, 0.717) is 5.95 Å². The Morgan fingerprint density at radius 3 is 2.94 bits per heavy atom. The molecule has 2 aromatic rings. The molecule has 1 aromatic carbocycles. The van der Waals surface area contributed by atoms with Crippen molar-refractivity contribution in [2.75, 3.05) is 36.4 Å². The van der Waals surface area contributed by atoms with Crippen molar-refractivity contribution >= 4 is 22.9 Å². The molecule has 0 saturated carbocycles. The van der Waals surface area contributed by atoms with Gasteiger partial charge < -0.3 is 26.2 Å². The molecule has 31 heavy (non-hydrogen) atoms. The van der Waals surface area contributed by atoms with Crippen LogP contribution >= 0.6 is 0 Å². The van der Waals surface area contributed by atoms with E-state index in [1.807, 2.05) is 24.5 Å². The highest BCUT2D eigenvalue weighted by Crippen LogP contribution is 2.38. The highest BCUT2D eigenvalue weighted by molar-refractivity contribution is 5.83. The third kappa shape index (κ3) is 3.88. The Morgan fingerprint density at radius 2 is 2.06 bits per heavy atom. The Balaban J connectivity index is 1.37. The van der Waals surface area contributed by atoms with Crippen LogP contribution in [0.15, 0.2) is 66.7 Å². The van der Waals surface area contributed by atoms with E-state index in [0.717, 1.165) is 56.0 Å². The molecule has 5 rings (SSSR count). The zero-order valence-corrected chi connectivity index (χ0v) is 17.9. The van der Waals surface area contributed by atoms with Crippen molar-refractivity contribution in [1.82, 2.24) is 25.9 Å². The van der Waals surface area contributed by atoms with E-state index in [1.165, 1.54) is 11.3 Å². The lowest BCUT2D eigenvalue weighted by molar-refractivity contribution is 0.369. The predicted molar refractivity (Wildman–Crippen MR) is 126 cm³/mol. The number of dihydropyridines is 1. The summed E-state index contributed by atoms with van der Waals surface area (Å²) in [5.74, 6) is 0.601. The molecule has 160 valence electrons. The van der Waals surface area contributed by atoms with Crippen LogP contribution < -0.4 is 26.2 Å². The average Bonchev–Trinajstić information content (AvgIpc) is 3.20. The fourth-order valence-electron chi connectivity index (χ4n) is 4.53. The van der Waals surface area contributed by atoms with Crippen LogP contribution in [0, 0.1) is 0 Å². The molecule has 7 heteroatoms. The number of hydrogen-bond acceptors (Lipinski definition) is 7. The normalized spacial score (nSPS) is 22.2. The highest BCUT2D eigenvalue weighted by atomic mass is 15.2. The molecule has 0 aliphatic carbocycles. The third-order valence-corrected chi connectivity index (χ3v) is 6.04. The van der Waals surface area contributed by atoms with Gasteiger partial charge in [-0.2, -0.15) is 0 Å². The maximum Gasteiger partial charge on any atom is 0.227 e. The number of nitrogens with zero attached hydrogens (tertiary/aromatic N) is 3. The SMILES string of the molecule is CCCC12NC=CC=C1C(c1ccnc(Nc3cccc(N4CCNCC4)c3)n1)=CN2. The molecule has 3 aliphatic rings. The number of allylic oxidation sites excluding steroid dienone is 2. The quantitative estimate of drug-likeness (QED) is 0.577. The summed E-state index contributed by atoms with van der Waals surface area (Å²) in [6.07, 6.45) is 12.2. The summed E-state index contributed by atoms with van der Waals surface area (Å²) < 4.78 is 0. The maximum atomic E-state index is 4.83. The Morgan fingerprint density at radius 1 is 1.16 bits per heavy atom. The lowest BCUT2D eigenvalue weighted by Gasteiger charge is -2.34. The van der Waals surface area contributed by atoms with Crippen LogP contribution in [-0.4, -0.2) is 41.8 Å². The number of piperazine rings is 1. The van der Waals surface area contributed by atoms with Gasteiger partial charge in [-0.3, -0.25) is 0 Å². The van der Waals surface area contributed by atoms with Gasteiger partial charge in [0.25, 0.3) is 0 Å². The van der Waals surface area contributed by atoms with Gasteiger partial charge in [-0.1, -0.05) is 25.5 Å². The molecule has 1 unspecified atom stereocenters. The van der Waals surface area contributed by atoms with Gasteiger partial charge in [0, 0.05) is 61.1 Å². The minimum absolute atomic E-state index is 0.241. The molecule has 4 N–H and O–H groups in total. The smallest absolute Gasteiger partial charge is 0.227 e. The van der Waals surface area contributed by atoms with Crippen molar-refractivity contribution < 1.29 is 0 Å². The summed E-state index contributed by atoms with van der Waals surface area (Å²) >= 11 is 0. The fraction of sp³-hybridized carbons (Fsp3) is 0.333. The molecular weight excluding hydrogens is 386 g/mol. The minimum atomic E-state index is -0.241. The van der Waals surface area contributed by atoms with E-state index >= 15 is 0 Å². The minimum Gasteiger partial charge on any atom is -0.369 e. The van der Waals surface area contributed by atoms with Gasteiger partial charge in [0.1, 0.15) is 5.66 Å². The molecule has 3 aliphatic heterocycles. The average molecular weight is 416 g/mol. The van der Waals surface area contributed by atoms with Crippen molar-refractivity contribution in [1.29, 1.82) is 0 Å². The Kier molecular flexibility index (Phi) is 5.34.